The number of hydrogen-bond acceptors (Lipinski definition) is 5. The molecule has 2 aromatic rings. The lowest BCUT2D eigenvalue weighted by molar-refractivity contribution is -0.137. The van der Waals surface area contributed by atoms with Gasteiger partial charge in [0.05, 0.1) is 12.1 Å². The second kappa shape index (κ2) is 6.70. The Labute approximate surface area is 137 Å². The summed E-state index contributed by atoms with van der Waals surface area (Å²) < 4.78 is 1.91. The van der Waals surface area contributed by atoms with Gasteiger partial charge < -0.3 is 10.2 Å². The highest BCUT2D eigenvalue weighted by Gasteiger charge is 2.33. The fourth-order valence-corrected chi connectivity index (χ4v) is 3.58. The Morgan fingerprint density at radius 2 is 2.36 bits per heavy atom. The summed E-state index contributed by atoms with van der Waals surface area (Å²) in [5.74, 6) is 0.484. The molecule has 0 bridgehead atoms. The van der Waals surface area contributed by atoms with Crippen molar-refractivity contribution in [2.75, 3.05) is 18.8 Å². The van der Waals surface area contributed by atoms with Crippen LogP contribution in [0.25, 0.3) is 4.96 Å². The van der Waals surface area contributed by atoms with Gasteiger partial charge in [-0.05, 0) is 12.8 Å². The van der Waals surface area contributed by atoms with Crippen molar-refractivity contribution in [2.24, 2.45) is 0 Å². The van der Waals surface area contributed by atoms with Crippen LogP contribution in [0.4, 0.5) is 0 Å². The second-order valence-corrected chi connectivity index (χ2v) is 6.58. The zero-order valence-corrected chi connectivity index (χ0v) is 13.8. The van der Waals surface area contributed by atoms with Crippen molar-refractivity contribution < 1.29 is 9.59 Å². The van der Waals surface area contributed by atoms with Crippen LogP contribution in [0.15, 0.2) is 17.8 Å². The van der Waals surface area contributed by atoms with Gasteiger partial charge in [-0.1, -0.05) is 0 Å². The molecule has 8 heteroatoms. The van der Waals surface area contributed by atoms with E-state index < -0.39 is 0 Å². The summed E-state index contributed by atoms with van der Waals surface area (Å²) in [4.78, 5) is 31.6. The number of nitrogens with zero attached hydrogens (tertiary/aromatic N) is 3. The molecule has 6 nitrogen and oxygen atoms in total. The first-order valence-electron chi connectivity index (χ1n) is 7.28. The van der Waals surface area contributed by atoms with Crippen LogP contribution in [0.5, 0.6) is 0 Å². The minimum absolute atomic E-state index is 0.0331. The molecule has 3 heterocycles. The Balaban J connectivity index is 1.65. The Morgan fingerprint density at radius 3 is 3.14 bits per heavy atom. The van der Waals surface area contributed by atoms with Crippen LogP contribution in [-0.2, 0) is 16.0 Å². The van der Waals surface area contributed by atoms with Gasteiger partial charge >= 0.3 is 0 Å². The van der Waals surface area contributed by atoms with Crippen LogP contribution in [0.1, 0.15) is 18.5 Å². The van der Waals surface area contributed by atoms with Crippen molar-refractivity contribution in [3.8, 4) is 0 Å². The molecule has 1 fully saturated rings. The Morgan fingerprint density at radius 1 is 1.50 bits per heavy atom. The zero-order chi connectivity index (χ0) is 15.5. The lowest BCUT2D eigenvalue weighted by Gasteiger charge is -2.23. The molecule has 1 aliphatic heterocycles. The number of thiazole rings is 1. The van der Waals surface area contributed by atoms with Gasteiger partial charge in [-0.2, -0.15) is 12.6 Å². The predicted molar refractivity (Wildman–Crippen MR) is 88.4 cm³/mol. The van der Waals surface area contributed by atoms with Gasteiger partial charge in [0.1, 0.15) is 6.04 Å². The summed E-state index contributed by atoms with van der Waals surface area (Å²) in [6.45, 7) is 1.16. The van der Waals surface area contributed by atoms with Crippen molar-refractivity contribution >= 4 is 40.7 Å². The molecular weight excluding hydrogens is 320 g/mol. The smallest absolute Gasteiger partial charge is 0.242 e. The van der Waals surface area contributed by atoms with Gasteiger partial charge in [0.25, 0.3) is 0 Å². The number of nitrogens with one attached hydrogen (secondary N) is 1. The number of hydrogen-bond donors (Lipinski definition) is 2. The fraction of sp³-hybridized carbons (Fsp3) is 0.500. The summed E-state index contributed by atoms with van der Waals surface area (Å²) in [6.07, 6.45) is 5.62. The molecule has 118 valence electrons. The molecular formula is C14H18N4O2S2. The lowest BCUT2D eigenvalue weighted by atomic mass is 10.2. The zero-order valence-electron chi connectivity index (χ0n) is 12.1. The minimum atomic E-state index is -0.351. The lowest BCUT2D eigenvalue weighted by Crippen LogP contribution is -2.46. The van der Waals surface area contributed by atoms with E-state index in [9.17, 15) is 9.59 Å². The standard InChI is InChI=1S/C14H18N4O2S2/c19-12(8-10-9-17-5-7-22-14(17)16-10)18-4-1-2-11(18)13(20)15-3-6-21/h5,7,9,11,21H,1-4,6,8H2,(H,15,20). The van der Waals surface area contributed by atoms with E-state index >= 15 is 0 Å². The van der Waals surface area contributed by atoms with Crippen molar-refractivity contribution in [3.05, 3.63) is 23.5 Å². The van der Waals surface area contributed by atoms with Crippen molar-refractivity contribution in [1.82, 2.24) is 19.6 Å². The van der Waals surface area contributed by atoms with Crippen molar-refractivity contribution in [2.45, 2.75) is 25.3 Å². The van der Waals surface area contributed by atoms with Gasteiger partial charge in [0.15, 0.2) is 4.96 Å². The summed E-state index contributed by atoms with van der Waals surface area (Å²) in [5, 5.41) is 4.77. The molecule has 1 unspecified atom stereocenters. The van der Waals surface area contributed by atoms with E-state index in [2.05, 4.69) is 22.9 Å². The maximum Gasteiger partial charge on any atom is 0.242 e. The Bertz CT molecular complexity index is 653. The van der Waals surface area contributed by atoms with E-state index in [1.165, 1.54) is 11.3 Å². The molecule has 1 aliphatic rings. The number of imidazole rings is 1. The molecule has 1 atom stereocenters. The summed E-state index contributed by atoms with van der Waals surface area (Å²) >= 11 is 5.62. The van der Waals surface area contributed by atoms with E-state index in [0.29, 0.717) is 18.8 Å². The number of rotatable bonds is 5. The van der Waals surface area contributed by atoms with Gasteiger partial charge in [-0.25, -0.2) is 4.98 Å². The molecule has 1 N–H and O–H groups in total. The number of fused-ring (bicyclic) bond motifs is 1. The third-order valence-electron chi connectivity index (χ3n) is 3.76. The van der Waals surface area contributed by atoms with Crippen molar-refractivity contribution in [3.63, 3.8) is 0 Å². The topological polar surface area (TPSA) is 66.7 Å². The third kappa shape index (κ3) is 3.12. The van der Waals surface area contributed by atoms with E-state index in [1.54, 1.807) is 4.90 Å². The van der Waals surface area contributed by atoms with Crippen molar-refractivity contribution in [1.29, 1.82) is 0 Å². The summed E-state index contributed by atoms with van der Waals surface area (Å²) in [7, 11) is 0. The van der Waals surface area contributed by atoms with Gasteiger partial charge in [-0.3, -0.25) is 14.0 Å². The van der Waals surface area contributed by atoms with E-state index in [0.717, 1.165) is 23.5 Å². The molecule has 3 rings (SSSR count). The monoisotopic (exact) mass is 338 g/mol. The van der Waals surface area contributed by atoms with Gasteiger partial charge in [0, 0.05) is 36.6 Å². The van der Waals surface area contributed by atoms with E-state index in [-0.39, 0.29) is 24.3 Å². The number of carbonyl (C=O) groups excluding carboxylic acids is 2. The molecule has 22 heavy (non-hydrogen) atoms. The van der Waals surface area contributed by atoms with Gasteiger partial charge in [0.2, 0.25) is 11.8 Å². The average molecular weight is 338 g/mol. The number of carbonyl (C=O) groups is 2. The maximum absolute atomic E-state index is 12.5. The Kier molecular flexibility index (Phi) is 4.68. The fourth-order valence-electron chi connectivity index (χ4n) is 2.75. The largest absolute Gasteiger partial charge is 0.353 e. The second-order valence-electron chi connectivity index (χ2n) is 5.26. The Hall–Kier alpha value is -1.54. The first-order valence-corrected chi connectivity index (χ1v) is 8.79. The highest BCUT2D eigenvalue weighted by Crippen LogP contribution is 2.19. The van der Waals surface area contributed by atoms with Crippen LogP contribution < -0.4 is 5.32 Å². The maximum atomic E-state index is 12.5. The minimum Gasteiger partial charge on any atom is -0.353 e. The molecule has 2 aromatic heterocycles. The first-order chi connectivity index (χ1) is 10.7. The third-order valence-corrected chi connectivity index (χ3v) is 4.76. The molecule has 2 amide bonds. The number of likely N-dealkylation sites (tertiary alicyclic amines) is 1. The predicted octanol–water partition coefficient (Wildman–Crippen LogP) is 0.975. The summed E-state index contributed by atoms with van der Waals surface area (Å²) in [6, 6.07) is -0.351. The number of thiol groups is 1. The SMILES string of the molecule is O=C(NCCS)C1CCCN1C(=O)Cc1cn2ccsc2n1. The quantitative estimate of drug-likeness (QED) is 0.799. The highest BCUT2D eigenvalue weighted by molar-refractivity contribution is 7.80. The molecule has 0 spiro atoms. The van der Waals surface area contributed by atoms with Gasteiger partial charge in [-0.15, -0.1) is 11.3 Å². The normalized spacial score (nSPS) is 18.0. The molecule has 0 aromatic carbocycles. The summed E-state index contributed by atoms with van der Waals surface area (Å²) in [5.41, 5.74) is 0.748. The van der Waals surface area contributed by atoms with Crippen LogP contribution in [0.3, 0.4) is 0 Å². The molecule has 0 saturated carbocycles. The first kappa shape index (κ1) is 15.4. The van der Waals surface area contributed by atoms with Crippen LogP contribution >= 0.6 is 24.0 Å². The van der Waals surface area contributed by atoms with Crippen LogP contribution in [0.2, 0.25) is 0 Å². The highest BCUT2D eigenvalue weighted by atomic mass is 32.1. The number of amides is 2. The molecule has 1 saturated heterocycles. The average Bonchev–Trinajstić information content (AvgIpc) is 3.18. The van der Waals surface area contributed by atoms with Crippen LogP contribution in [0, 0.1) is 0 Å². The molecule has 0 aliphatic carbocycles. The van der Waals surface area contributed by atoms with E-state index in [4.69, 9.17) is 0 Å². The van der Waals surface area contributed by atoms with E-state index in [1.807, 2.05) is 22.2 Å². The number of aromatic nitrogens is 2. The van der Waals surface area contributed by atoms with Crippen LogP contribution in [-0.4, -0.2) is 51.0 Å². The molecule has 0 radical (unpaired) electrons.